The Balaban J connectivity index is 1.84. The molecule has 3 aromatic rings. The first-order valence-corrected chi connectivity index (χ1v) is 6.84. The first-order valence-electron chi connectivity index (χ1n) is 6.46. The van der Waals surface area contributed by atoms with Crippen molar-refractivity contribution >= 4 is 28.2 Å². The van der Waals surface area contributed by atoms with E-state index in [4.69, 9.17) is 11.6 Å². The number of nitrogens with one attached hydrogen (secondary N) is 2. The third kappa shape index (κ3) is 3.01. The number of aromatic amines is 1. The molecule has 0 atom stereocenters. The Bertz CT molecular complexity index is 811. The number of benzene rings is 2. The van der Waals surface area contributed by atoms with E-state index < -0.39 is 11.7 Å². The van der Waals surface area contributed by atoms with E-state index in [0.29, 0.717) is 16.3 Å². The second kappa shape index (κ2) is 5.53. The van der Waals surface area contributed by atoms with Crippen LogP contribution in [0.15, 0.2) is 42.6 Å². The number of alkyl halides is 3. The fourth-order valence-corrected chi connectivity index (χ4v) is 2.44. The summed E-state index contributed by atoms with van der Waals surface area (Å²) in [5.74, 6) is 0. The van der Waals surface area contributed by atoms with E-state index >= 15 is 0 Å². The minimum absolute atomic E-state index is 0.255. The van der Waals surface area contributed by atoms with E-state index in [1.165, 1.54) is 6.07 Å². The zero-order valence-electron chi connectivity index (χ0n) is 11.2. The molecule has 2 N–H and O–H groups in total. The maximum absolute atomic E-state index is 12.7. The molecule has 0 bridgehead atoms. The maximum atomic E-state index is 12.7. The summed E-state index contributed by atoms with van der Waals surface area (Å²) in [4.78, 5) is 0. The van der Waals surface area contributed by atoms with Crippen molar-refractivity contribution in [2.45, 2.75) is 12.7 Å². The van der Waals surface area contributed by atoms with Gasteiger partial charge >= 0.3 is 6.18 Å². The van der Waals surface area contributed by atoms with E-state index in [1.807, 2.05) is 0 Å². The fraction of sp³-hybridized carbons (Fsp3) is 0.133. The lowest BCUT2D eigenvalue weighted by atomic mass is 10.1. The van der Waals surface area contributed by atoms with Crippen LogP contribution in [-0.2, 0) is 12.7 Å². The van der Waals surface area contributed by atoms with Crippen LogP contribution < -0.4 is 5.32 Å². The molecule has 7 heteroatoms. The van der Waals surface area contributed by atoms with Crippen LogP contribution in [0.4, 0.5) is 18.9 Å². The van der Waals surface area contributed by atoms with Gasteiger partial charge in [-0.15, -0.1) is 0 Å². The van der Waals surface area contributed by atoms with Gasteiger partial charge in [-0.2, -0.15) is 18.3 Å². The zero-order chi connectivity index (χ0) is 15.7. The Hall–Kier alpha value is -2.21. The van der Waals surface area contributed by atoms with E-state index in [-0.39, 0.29) is 6.54 Å². The first kappa shape index (κ1) is 14.7. The molecule has 0 radical (unpaired) electrons. The van der Waals surface area contributed by atoms with Gasteiger partial charge in [0.25, 0.3) is 0 Å². The van der Waals surface area contributed by atoms with Crippen LogP contribution in [0.5, 0.6) is 0 Å². The highest BCUT2D eigenvalue weighted by Gasteiger charge is 2.30. The summed E-state index contributed by atoms with van der Waals surface area (Å²) in [5.41, 5.74) is 1.35. The van der Waals surface area contributed by atoms with E-state index in [1.54, 1.807) is 24.4 Å². The Labute approximate surface area is 129 Å². The van der Waals surface area contributed by atoms with Crippen molar-refractivity contribution in [3.8, 4) is 0 Å². The van der Waals surface area contributed by atoms with Crippen molar-refractivity contribution in [2.24, 2.45) is 0 Å². The highest BCUT2D eigenvalue weighted by molar-refractivity contribution is 6.31. The predicted molar refractivity (Wildman–Crippen MR) is 79.9 cm³/mol. The second-order valence-corrected chi connectivity index (χ2v) is 5.27. The van der Waals surface area contributed by atoms with Crippen molar-refractivity contribution in [2.75, 3.05) is 5.32 Å². The van der Waals surface area contributed by atoms with E-state index in [0.717, 1.165) is 23.0 Å². The largest absolute Gasteiger partial charge is 0.416 e. The highest BCUT2D eigenvalue weighted by Crippen LogP contribution is 2.30. The Kier molecular flexibility index (Phi) is 3.70. The van der Waals surface area contributed by atoms with Crippen molar-refractivity contribution in [1.82, 2.24) is 10.2 Å². The van der Waals surface area contributed by atoms with Crippen LogP contribution in [0.3, 0.4) is 0 Å². The van der Waals surface area contributed by atoms with Crippen molar-refractivity contribution in [3.05, 3.63) is 58.7 Å². The molecular weight excluding hydrogens is 315 g/mol. The molecule has 0 aliphatic heterocycles. The predicted octanol–water partition coefficient (Wildman–Crippen LogP) is 4.85. The number of nitrogens with zero attached hydrogens (tertiary/aromatic N) is 1. The second-order valence-electron chi connectivity index (χ2n) is 4.84. The number of anilines is 1. The molecule has 0 aliphatic rings. The Morgan fingerprint density at radius 3 is 2.77 bits per heavy atom. The van der Waals surface area contributed by atoms with Gasteiger partial charge in [-0.3, -0.25) is 5.10 Å². The fourth-order valence-electron chi connectivity index (χ4n) is 2.22. The van der Waals surface area contributed by atoms with E-state index in [9.17, 15) is 13.2 Å². The Morgan fingerprint density at radius 2 is 2.00 bits per heavy atom. The molecule has 0 aliphatic carbocycles. The quantitative estimate of drug-likeness (QED) is 0.723. The number of halogens is 4. The molecule has 0 saturated carbocycles. The minimum atomic E-state index is -4.34. The Morgan fingerprint density at radius 1 is 1.18 bits per heavy atom. The van der Waals surface area contributed by atoms with Gasteiger partial charge in [0.15, 0.2) is 0 Å². The summed E-state index contributed by atoms with van der Waals surface area (Å²) >= 11 is 6.01. The lowest BCUT2D eigenvalue weighted by Gasteiger charge is -2.11. The molecule has 0 unspecified atom stereocenters. The maximum Gasteiger partial charge on any atom is 0.416 e. The summed E-state index contributed by atoms with van der Waals surface area (Å²) in [6.07, 6.45) is -2.70. The number of hydrogen-bond donors (Lipinski definition) is 2. The molecule has 3 rings (SSSR count). The van der Waals surface area contributed by atoms with Gasteiger partial charge in [-0.05, 0) is 29.8 Å². The average molecular weight is 326 g/mol. The minimum Gasteiger partial charge on any atom is -0.380 e. The van der Waals surface area contributed by atoms with Crippen molar-refractivity contribution < 1.29 is 13.2 Å². The molecule has 0 spiro atoms. The first-order chi connectivity index (χ1) is 10.4. The van der Waals surface area contributed by atoms with Crippen molar-refractivity contribution in [3.63, 3.8) is 0 Å². The molecule has 1 heterocycles. The summed E-state index contributed by atoms with van der Waals surface area (Å²) in [5, 5.41) is 11.2. The SMILES string of the molecule is FC(F)(F)c1cccc(CNc2cc(Cl)cc3[nH]ncc23)c1. The molecule has 2 aromatic carbocycles. The van der Waals surface area contributed by atoms with Gasteiger partial charge < -0.3 is 5.32 Å². The van der Waals surface area contributed by atoms with Crippen LogP contribution in [0.1, 0.15) is 11.1 Å². The molecule has 114 valence electrons. The number of hydrogen-bond acceptors (Lipinski definition) is 2. The third-order valence-corrected chi connectivity index (χ3v) is 3.48. The molecule has 0 fully saturated rings. The third-order valence-electron chi connectivity index (χ3n) is 3.26. The number of H-pyrrole nitrogens is 1. The molecular formula is C15H11ClF3N3. The van der Waals surface area contributed by atoms with Crippen LogP contribution in [-0.4, -0.2) is 10.2 Å². The molecule has 22 heavy (non-hydrogen) atoms. The van der Waals surface area contributed by atoms with Gasteiger partial charge in [0.2, 0.25) is 0 Å². The summed E-state index contributed by atoms with van der Waals surface area (Å²) < 4.78 is 38.1. The number of rotatable bonds is 3. The van der Waals surface area contributed by atoms with Gasteiger partial charge in [-0.1, -0.05) is 23.7 Å². The number of aromatic nitrogens is 2. The number of fused-ring (bicyclic) bond motifs is 1. The molecule has 0 saturated heterocycles. The van der Waals surface area contributed by atoms with Crippen LogP contribution in [0.2, 0.25) is 5.02 Å². The highest BCUT2D eigenvalue weighted by atomic mass is 35.5. The van der Waals surface area contributed by atoms with Gasteiger partial charge in [0.05, 0.1) is 17.3 Å². The normalized spacial score (nSPS) is 11.8. The van der Waals surface area contributed by atoms with Gasteiger partial charge in [0.1, 0.15) is 0 Å². The molecule has 3 nitrogen and oxygen atoms in total. The molecule has 1 aromatic heterocycles. The van der Waals surface area contributed by atoms with Crippen LogP contribution >= 0.6 is 11.6 Å². The molecule has 0 amide bonds. The van der Waals surface area contributed by atoms with Crippen LogP contribution in [0, 0.1) is 0 Å². The topological polar surface area (TPSA) is 40.7 Å². The van der Waals surface area contributed by atoms with Crippen LogP contribution in [0.25, 0.3) is 10.9 Å². The average Bonchev–Trinajstić information content (AvgIpc) is 2.92. The monoisotopic (exact) mass is 325 g/mol. The summed E-state index contributed by atoms with van der Waals surface area (Å²) in [6, 6.07) is 8.66. The zero-order valence-corrected chi connectivity index (χ0v) is 12.0. The lowest BCUT2D eigenvalue weighted by molar-refractivity contribution is -0.137. The van der Waals surface area contributed by atoms with E-state index in [2.05, 4.69) is 15.5 Å². The smallest absolute Gasteiger partial charge is 0.380 e. The lowest BCUT2D eigenvalue weighted by Crippen LogP contribution is -2.07. The standard InChI is InChI=1S/C15H11ClF3N3/c16-11-5-13(12-8-21-22-14(12)6-11)20-7-9-2-1-3-10(4-9)15(17,18)19/h1-6,8,20H,7H2,(H,21,22). The summed E-state index contributed by atoms with van der Waals surface area (Å²) in [7, 11) is 0. The van der Waals surface area contributed by atoms with Crippen molar-refractivity contribution in [1.29, 1.82) is 0 Å². The van der Waals surface area contributed by atoms with Gasteiger partial charge in [-0.25, -0.2) is 0 Å². The van der Waals surface area contributed by atoms with Gasteiger partial charge in [0, 0.05) is 22.6 Å². The summed E-state index contributed by atoms with van der Waals surface area (Å²) in [6.45, 7) is 0.255.